The Labute approximate surface area is 186 Å². The van der Waals surface area contributed by atoms with Gasteiger partial charge in [-0.3, -0.25) is 14.2 Å². The van der Waals surface area contributed by atoms with Crippen LogP contribution in [0, 0.1) is 0 Å². The molecule has 0 saturated carbocycles. The molecule has 0 bridgehead atoms. The van der Waals surface area contributed by atoms with Gasteiger partial charge in [-0.25, -0.2) is 4.98 Å². The molecule has 2 aromatic heterocycles. The summed E-state index contributed by atoms with van der Waals surface area (Å²) >= 11 is 15.1. The highest BCUT2D eigenvalue weighted by molar-refractivity contribution is 7.99. The minimum Gasteiger partial charge on any atom is -0.323 e. The van der Waals surface area contributed by atoms with Gasteiger partial charge in [-0.05, 0) is 50.3 Å². The minimum atomic E-state index is -0.257. The number of hydrogen-bond donors (Lipinski definition) is 1. The molecule has 1 aliphatic carbocycles. The zero-order valence-electron chi connectivity index (χ0n) is 15.8. The van der Waals surface area contributed by atoms with E-state index >= 15 is 0 Å². The van der Waals surface area contributed by atoms with Crippen molar-refractivity contribution in [3.63, 3.8) is 0 Å². The fourth-order valence-corrected chi connectivity index (χ4v) is 6.19. The average Bonchev–Trinajstić information content (AvgIpc) is 3.08. The summed E-state index contributed by atoms with van der Waals surface area (Å²) < 4.78 is 1.66. The Hall–Kier alpha value is -1.54. The molecule has 9 heteroatoms. The maximum absolute atomic E-state index is 13.1. The summed E-state index contributed by atoms with van der Waals surface area (Å²) in [5.41, 5.74) is 1.57. The number of anilines is 1. The lowest BCUT2D eigenvalue weighted by atomic mass is 9.97. The van der Waals surface area contributed by atoms with E-state index in [1.54, 1.807) is 34.1 Å². The largest absolute Gasteiger partial charge is 0.323 e. The van der Waals surface area contributed by atoms with Crippen LogP contribution in [0.5, 0.6) is 0 Å². The number of aryl methyl sites for hydroxylation is 2. The van der Waals surface area contributed by atoms with E-state index < -0.39 is 0 Å². The molecular weight excluding hydrogens is 449 g/mol. The zero-order chi connectivity index (χ0) is 20.5. The van der Waals surface area contributed by atoms with Crippen LogP contribution in [0.2, 0.25) is 10.0 Å². The van der Waals surface area contributed by atoms with Crippen molar-refractivity contribution in [2.75, 3.05) is 11.1 Å². The second-order valence-corrected chi connectivity index (χ2v) is 9.61. The lowest BCUT2D eigenvalue weighted by molar-refractivity contribution is -0.113. The molecule has 5 nitrogen and oxygen atoms in total. The third kappa shape index (κ3) is 4.06. The highest BCUT2D eigenvalue weighted by atomic mass is 35.5. The molecule has 3 aromatic rings. The summed E-state index contributed by atoms with van der Waals surface area (Å²) in [7, 11) is 0. The summed E-state index contributed by atoms with van der Waals surface area (Å²) in [5.74, 6) is -0.155. The maximum atomic E-state index is 13.1. The van der Waals surface area contributed by atoms with Gasteiger partial charge in [0.25, 0.3) is 5.56 Å². The van der Waals surface area contributed by atoms with E-state index in [1.807, 2.05) is 6.92 Å². The lowest BCUT2D eigenvalue weighted by Crippen LogP contribution is -2.24. The van der Waals surface area contributed by atoms with E-state index in [0.717, 1.165) is 35.9 Å². The van der Waals surface area contributed by atoms with E-state index in [-0.39, 0.29) is 17.2 Å². The van der Waals surface area contributed by atoms with Gasteiger partial charge in [0.05, 0.1) is 26.9 Å². The summed E-state index contributed by atoms with van der Waals surface area (Å²) in [5, 5.41) is 4.83. The van der Waals surface area contributed by atoms with E-state index in [9.17, 15) is 9.59 Å². The van der Waals surface area contributed by atoms with Crippen LogP contribution in [0.4, 0.5) is 5.69 Å². The molecule has 152 valence electrons. The van der Waals surface area contributed by atoms with E-state index in [0.29, 0.717) is 27.4 Å². The van der Waals surface area contributed by atoms with E-state index in [1.165, 1.54) is 22.2 Å². The van der Waals surface area contributed by atoms with Gasteiger partial charge in [-0.2, -0.15) is 0 Å². The first kappa shape index (κ1) is 20.7. The fourth-order valence-electron chi connectivity index (χ4n) is 3.53. The van der Waals surface area contributed by atoms with Crippen LogP contribution in [0.1, 0.15) is 30.2 Å². The molecular formula is C20H19Cl2N3O2S2. The smallest absolute Gasteiger partial charge is 0.263 e. The van der Waals surface area contributed by atoms with E-state index in [2.05, 4.69) is 5.32 Å². The van der Waals surface area contributed by atoms with Gasteiger partial charge >= 0.3 is 0 Å². The van der Waals surface area contributed by atoms with E-state index in [4.69, 9.17) is 28.2 Å². The first-order chi connectivity index (χ1) is 14.0. The van der Waals surface area contributed by atoms with Crippen LogP contribution in [0.25, 0.3) is 10.2 Å². The molecule has 29 heavy (non-hydrogen) atoms. The summed E-state index contributed by atoms with van der Waals surface area (Å²) in [6, 6.07) is 5.05. The second kappa shape index (κ2) is 8.68. The zero-order valence-corrected chi connectivity index (χ0v) is 18.9. The van der Waals surface area contributed by atoms with Crippen molar-refractivity contribution in [2.24, 2.45) is 0 Å². The topological polar surface area (TPSA) is 64.0 Å². The number of rotatable bonds is 5. The van der Waals surface area contributed by atoms with Crippen molar-refractivity contribution in [2.45, 2.75) is 44.3 Å². The molecule has 0 aliphatic heterocycles. The predicted octanol–water partition coefficient (Wildman–Crippen LogP) is 5.39. The van der Waals surface area contributed by atoms with Crippen molar-refractivity contribution in [3.8, 4) is 0 Å². The molecule has 1 aliphatic rings. The van der Waals surface area contributed by atoms with Crippen LogP contribution in [0.3, 0.4) is 0 Å². The van der Waals surface area contributed by atoms with Crippen LogP contribution in [0.15, 0.2) is 28.2 Å². The second-order valence-electron chi connectivity index (χ2n) is 6.77. The first-order valence-electron chi connectivity index (χ1n) is 9.41. The number of aromatic nitrogens is 2. The number of para-hydroxylation sites is 1. The molecule has 1 aromatic carbocycles. The van der Waals surface area contributed by atoms with Crippen LogP contribution in [-0.4, -0.2) is 21.2 Å². The summed E-state index contributed by atoms with van der Waals surface area (Å²) in [6.45, 7) is 2.42. The number of amides is 1. The molecule has 1 amide bonds. The minimum absolute atomic E-state index is 0.00560. The number of thioether (sulfide) groups is 1. The number of fused-ring (bicyclic) bond motifs is 3. The van der Waals surface area contributed by atoms with Crippen LogP contribution >= 0.6 is 46.3 Å². The molecule has 0 spiro atoms. The Morgan fingerprint density at radius 1 is 1.28 bits per heavy atom. The molecule has 1 N–H and O–H groups in total. The third-order valence-corrected chi connectivity index (χ3v) is 7.71. The number of nitrogens with zero attached hydrogens (tertiary/aromatic N) is 2. The quantitative estimate of drug-likeness (QED) is 0.403. The van der Waals surface area contributed by atoms with Gasteiger partial charge in [0.1, 0.15) is 4.83 Å². The van der Waals surface area contributed by atoms with Crippen molar-refractivity contribution < 1.29 is 4.79 Å². The predicted molar refractivity (Wildman–Crippen MR) is 122 cm³/mol. The Bertz CT molecular complexity index is 1140. The number of nitrogens with one attached hydrogen (secondary N) is 1. The SMILES string of the molecule is CCn1c(SCC(=O)Nc2c(Cl)cccc2Cl)nc2sc3c(c2c1=O)CCCC3. The van der Waals surface area contributed by atoms with Gasteiger partial charge in [0, 0.05) is 11.4 Å². The van der Waals surface area contributed by atoms with Gasteiger partial charge in [0.2, 0.25) is 5.91 Å². The lowest BCUT2D eigenvalue weighted by Gasteiger charge is -2.12. The molecule has 0 fully saturated rings. The number of thiophene rings is 1. The molecule has 2 heterocycles. The van der Waals surface area contributed by atoms with Crippen molar-refractivity contribution in [1.29, 1.82) is 0 Å². The maximum Gasteiger partial charge on any atom is 0.263 e. The van der Waals surface area contributed by atoms with Crippen LogP contribution < -0.4 is 10.9 Å². The van der Waals surface area contributed by atoms with Gasteiger partial charge < -0.3 is 5.32 Å². The standard InChI is InChI=1S/C20H19Cl2N3O2S2/c1-2-25-19(27)16-11-6-3-4-9-14(11)29-18(16)24-20(25)28-10-15(26)23-17-12(21)7-5-8-13(17)22/h5,7-8H,2-4,6,9-10H2,1H3,(H,23,26). The van der Waals surface area contributed by atoms with Crippen molar-refractivity contribution >= 4 is 68.1 Å². The molecule has 0 saturated heterocycles. The number of hydrogen-bond acceptors (Lipinski definition) is 5. The number of halogens is 2. The number of benzene rings is 1. The normalized spacial score (nSPS) is 13.5. The Balaban J connectivity index is 1.59. The van der Waals surface area contributed by atoms with Gasteiger partial charge in [0.15, 0.2) is 5.16 Å². The molecule has 0 unspecified atom stereocenters. The van der Waals surface area contributed by atoms with Gasteiger partial charge in [-0.15, -0.1) is 11.3 Å². The Kier molecular flexibility index (Phi) is 6.20. The Morgan fingerprint density at radius 3 is 2.72 bits per heavy atom. The number of carbonyl (C=O) groups excluding carboxylic acids is 1. The monoisotopic (exact) mass is 467 g/mol. The summed E-state index contributed by atoms with van der Waals surface area (Å²) in [4.78, 5) is 32.4. The molecule has 0 radical (unpaired) electrons. The first-order valence-corrected chi connectivity index (χ1v) is 12.0. The highest BCUT2D eigenvalue weighted by Crippen LogP contribution is 2.35. The fraction of sp³-hybridized carbons (Fsp3) is 0.350. The Morgan fingerprint density at radius 2 is 2.00 bits per heavy atom. The van der Waals surface area contributed by atoms with Crippen molar-refractivity contribution in [1.82, 2.24) is 9.55 Å². The number of carbonyl (C=O) groups is 1. The van der Waals surface area contributed by atoms with Gasteiger partial charge in [-0.1, -0.05) is 41.0 Å². The molecule has 0 atom stereocenters. The third-order valence-electron chi connectivity index (χ3n) is 4.92. The average molecular weight is 468 g/mol. The van der Waals surface area contributed by atoms with Crippen molar-refractivity contribution in [3.05, 3.63) is 49.0 Å². The summed E-state index contributed by atoms with van der Waals surface area (Å²) in [6.07, 6.45) is 4.24. The molecule has 4 rings (SSSR count). The highest BCUT2D eigenvalue weighted by Gasteiger charge is 2.22. The van der Waals surface area contributed by atoms with Crippen LogP contribution in [-0.2, 0) is 24.2 Å².